The Morgan fingerprint density at radius 2 is 1.59 bits per heavy atom. The van der Waals surface area contributed by atoms with E-state index >= 15 is 0 Å². The summed E-state index contributed by atoms with van der Waals surface area (Å²) in [7, 11) is 0. The van der Waals surface area contributed by atoms with E-state index in [0.29, 0.717) is 30.4 Å². The third-order valence-electron chi connectivity index (χ3n) is 8.12. The molecule has 0 atom stereocenters. The minimum Gasteiger partial charge on any atom is -0.378 e. The number of morpholine rings is 1. The van der Waals surface area contributed by atoms with Gasteiger partial charge in [0.15, 0.2) is 11.5 Å². The van der Waals surface area contributed by atoms with E-state index in [1.54, 1.807) is 24.5 Å². The van der Waals surface area contributed by atoms with Crippen molar-refractivity contribution in [3.05, 3.63) is 85.1 Å². The minimum atomic E-state index is -0.327. The Hall–Kier alpha value is -4.94. The molecular formula is C32H34N10O2. The molecular weight excluding hydrogens is 556 g/mol. The molecule has 12 heteroatoms. The normalized spacial score (nSPS) is 16.2. The Kier molecular flexibility index (Phi) is 8.07. The van der Waals surface area contributed by atoms with Crippen LogP contribution in [0.3, 0.4) is 0 Å². The van der Waals surface area contributed by atoms with Crippen LogP contribution in [0, 0.1) is 0 Å². The predicted molar refractivity (Wildman–Crippen MR) is 168 cm³/mol. The fourth-order valence-electron chi connectivity index (χ4n) is 5.83. The van der Waals surface area contributed by atoms with E-state index in [9.17, 15) is 4.79 Å². The molecule has 7 rings (SSSR count). The van der Waals surface area contributed by atoms with Crippen LogP contribution in [0.25, 0.3) is 22.4 Å². The van der Waals surface area contributed by atoms with Crippen molar-refractivity contribution in [2.24, 2.45) is 0 Å². The molecule has 5 aromatic rings. The van der Waals surface area contributed by atoms with Crippen LogP contribution in [0.4, 0.5) is 22.0 Å². The van der Waals surface area contributed by atoms with Crippen molar-refractivity contribution in [1.82, 2.24) is 34.6 Å². The molecule has 0 radical (unpaired) electrons. The number of anilines is 3. The van der Waals surface area contributed by atoms with Crippen LogP contribution in [0.5, 0.6) is 0 Å². The van der Waals surface area contributed by atoms with Gasteiger partial charge < -0.3 is 20.3 Å². The number of hydrogen-bond acceptors (Lipinski definition) is 9. The number of benzene rings is 1. The second kappa shape index (κ2) is 12.7. The first-order valence-corrected chi connectivity index (χ1v) is 15.0. The zero-order valence-electron chi connectivity index (χ0n) is 24.3. The van der Waals surface area contributed by atoms with Crippen LogP contribution in [0.1, 0.15) is 24.4 Å². The lowest BCUT2D eigenvalue weighted by molar-refractivity contribution is 0.122. The van der Waals surface area contributed by atoms with Crippen molar-refractivity contribution in [3.63, 3.8) is 0 Å². The third kappa shape index (κ3) is 6.21. The van der Waals surface area contributed by atoms with Crippen molar-refractivity contribution in [2.45, 2.75) is 25.4 Å². The standard InChI is InChI=1S/C32H34N10O2/c43-32(37-26-7-12-33-13-8-26)36-25-5-3-24(4-6-25)29-38-30(41-16-18-44-19-17-41)28-21-35-42(31(28)39-29)27-9-14-40(15-10-27)22-23-2-1-11-34-20-23/h1-8,11-13,20-21,27H,9-10,14-19,22H2,(H2,33,36,37,43). The van der Waals surface area contributed by atoms with Gasteiger partial charge in [-0.25, -0.2) is 19.4 Å². The van der Waals surface area contributed by atoms with Crippen LogP contribution in [0.2, 0.25) is 0 Å². The maximum Gasteiger partial charge on any atom is 0.323 e. The number of fused-ring (bicyclic) bond motifs is 1. The maximum atomic E-state index is 12.5. The minimum absolute atomic E-state index is 0.253. The highest BCUT2D eigenvalue weighted by Gasteiger charge is 2.26. The Bertz CT molecular complexity index is 1700. The number of amides is 2. The Morgan fingerprint density at radius 1 is 0.841 bits per heavy atom. The zero-order chi connectivity index (χ0) is 29.7. The quantitative estimate of drug-likeness (QED) is 0.280. The van der Waals surface area contributed by atoms with Gasteiger partial charge in [-0.15, -0.1) is 0 Å². The van der Waals surface area contributed by atoms with E-state index < -0.39 is 0 Å². The SMILES string of the molecule is O=C(Nc1ccncc1)Nc1ccc(-c2nc(N3CCOCC3)c3cnn(C4CCN(Cc5cccnc5)CC4)c3n2)cc1. The number of piperidine rings is 1. The van der Waals surface area contributed by atoms with E-state index in [1.807, 2.05) is 48.9 Å². The van der Waals surface area contributed by atoms with Crippen molar-refractivity contribution in [3.8, 4) is 11.4 Å². The molecule has 2 fully saturated rings. The first-order chi connectivity index (χ1) is 21.7. The van der Waals surface area contributed by atoms with Gasteiger partial charge in [-0.2, -0.15) is 5.10 Å². The highest BCUT2D eigenvalue weighted by Crippen LogP contribution is 2.32. The van der Waals surface area contributed by atoms with Gasteiger partial charge in [0.2, 0.25) is 0 Å². The molecule has 2 saturated heterocycles. The van der Waals surface area contributed by atoms with Crippen molar-refractivity contribution < 1.29 is 9.53 Å². The van der Waals surface area contributed by atoms with Crippen molar-refractivity contribution >= 4 is 34.3 Å². The monoisotopic (exact) mass is 590 g/mol. The summed E-state index contributed by atoms with van der Waals surface area (Å²) < 4.78 is 7.73. The molecule has 2 amide bonds. The van der Waals surface area contributed by atoms with E-state index in [0.717, 1.165) is 68.0 Å². The summed E-state index contributed by atoms with van der Waals surface area (Å²) in [5, 5.41) is 11.5. The first-order valence-electron chi connectivity index (χ1n) is 15.0. The summed E-state index contributed by atoms with van der Waals surface area (Å²) in [4.78, 5) is 35.6. The number of rotatable bonds is 7. The molecule has 12 nitrogen and oxygen atoms in total. The van der Waals surface area contributed by atoms with Gasteiger partial charge in [0.05, 0.1) is 30.8 Å². The molecule has 44 heavy (non-hydrogen) atoms. The Morgan fingerprint density at radius 3 is 2.32 bits per heavy atom. The lowest BCUT2D eigenvalue weighted by Crippen LogP contribution is -2.37. The molecule has 2 aliphatic heterocycles. The summed E-state index contributed by atoms with van der Waals surface area (Å²) in [6.07, 6.45) is 10.9. The van der Waals surface area contributed by atoms with E-state index in [-0.39, 0.29) is 12.1 Å². The first kappa shape index (κ1) is 27.9. The van der Waals surface area contributed by atoms with E-state index in [2.05, 4.69) is 41.1 Å². The van der Waals surface area contributed by atoms with Crippen LogP contribution in [-0.2, 0) is 11.3 Å². The van der Waals surface area contributed by atoms with Gasteiger partial charge in [-0.1, -0.05) is 6.07 Å². The van der Waals surface area contributed by atoms with Gasteiger partial charge >= 0.3 is 6.03 Å². The molecule has 4 aromatic heterocycles. The maximum absolute atomic E-state index is 12.5. The summed E-state index contributed by atoms with van der Waals surface area (Å²) >= 11 is 0. The van der Waals surface area contributed by atoms with E-state index in [4.69, 9.17) is 19.8 Å². The Labute approximate surface area is 255 Å². The molecule has 0 saturated carbocycles. The molecule has 1 aromatic carbocycles. The predicted octanol–water partition coefficient (Wildman–Crippen LogP) is 4.60. The van der Waals surface area contributed by atoms with E-state index in [1.165, 1.54) is 5.56 Å². The van der Waals surface area contributed by atoms with Crippen molar-refractivity contribution in [1.29, 1.82) is 0 Å². The zero-order valence-corrected chi connectivity index (χ0v) is 24.3. The fraction of sp³-hybridized carbons (Fsp3) is 0.312. The lowest BCUT2D eigenvalue weighted by Gasteiger charge is -2.32. The number of ether oxygens (including phenoxy) is 1. The largest absolute Gasteiger partial charge is 0.378 e. The molecule has 0 spiro atoms. The molecule has 0 aliphatic carbocycles. The summed E-state index contributed by atoms with van der Waals surface area (Å²) in [5.41, 5.74) is 4.28. The highest BCUT2D eigenvalue weighted by atomic mass is 16.5. The fourth-order valence-corrected chi connectivity index (χ4v) is 5.83. The number of hydrogen-bond donors (Lipinski definition) is 2. The third-order valence-corrected chi connectivity index (χ3v) is 8.12. The van der Waals surface area contributed by atoms with Gasteiger partial charge in [0.25, 0.3) is 0 Å². The molecule has 0 unspecified atom stereocenters. The average Bonchev–Trinajstić information content (AvgIpc) is 3.50. The number of likely N-dealkylation sites (tertiary alicyclic amines) is 1. The Balaban J connectivity index is 1.13. The highest BCUT2D eigenvalue weighted by molar-refractivity contribution is 5.99. The van der Waals surface area contributed by atoms with Gasteiger partial charge in [0, 0.05) is 74.4 Å². The number of aromatic nitrogens is 6. The van der Waals surface area contributed by atoms with Crippen LogP contribution in [0.15, 0.2) is 79.5 Å². The van der Waals surface area contributed by atoms with Crippen LogP contribution < -0.4 is 15.5 Å². The number of urea groups is 1. The smallest absolute Gasteiger partial charge is 0.323 e. The summed E-state index contributed by atoms with van der Waals surface area (Å²) in [5.74, 6) is 1.51. The molecule has 2 aliphatic rings. The van der Waals surface area contributed by atoms with Gasteiger partial charge in [-0.05, 0) is 60.9 Å². The summed E-state index contributed by atoms with van der Waals surface area (Å²) in [6, 6.07) is 15.1. The topological polar surface area (TPSA) is 126 Å². The van der Waals surface area contributed by atoms with Crippen LogP contribution in [-0.4, -0.2) is 80.0 Å². The summed E-state index contributed by atoms with van der Waals surface area (Å²) in [6.45, 7) is 5.72. The molecule has 224 valence electrons. The lowest BCUT2D eigenvalue weighted by atomic mass is 10.0. The second-order valence-electron chi connectivity index (χ2n) is 11.1. The number of carbonyl (C=O) groups is 1. The molecule has 0 bridgehead atoms. The molecule has 2 N–H and O–H groups in total. The molecule has 6 heterocycles. The number of nitrogens with zero attached hydrogens (tertiary/aromatic N) is 8. The van der Waals surface area contributed by atoms with Gasteiger partial charge in [-0.3, -0.25) is 14.9 Å². The number of pyridine rings is 2. The number of nitrogens with one attached hydrogen (secondary N) is 2. The average molecular weight is 591 g/mol. The van der Waals surface area contributed by atoms with Crippen molar-refractivity contribution in [2.75, 3.05) is 54.9 Å². The second-order valence-corrected chi connectivity index (χ2v) is 11.1. The number of carbonyl (C=O) groups excluding carboxylic acids is 1. The van der Waals surface area contributed by atoms with Crippen LogP contribution >= 0.6 is 0 Å². The van der Waals surface area contributed by atoms with Gasteiger partial charge in [0.1, 0.15) is 5.82 Å².